The Kier molecular flexibility index (Phi) is 7.66. The van der Waals surface area contributed by atoms with Gasteiger partial charge in [0.05, 0.1) is 6.54 Å². The molecule has 2 N–H and O–H groups in total. The van der Waals surface area contributed by atoms with Crippen LogP contribution in [0.2, 0.25) is 0 Å². The third-order valence-electron chi connectivity index (χ3n) is 4.92. The summed E-state index contributed by atoms with van der Waals surface area (Å²) in [6, 6.07) is 8.94. The van der Waals surface area contributed by atoms with E-state index in [-0.39, 0.29) is 0 Å². The monoisotopic (exact) mass is 385 g/mol. The van der Waals surface area contributed by atoms with Crippen LogP contribution in [-0.2, 0) is 26.1 Å². The Morgan fingerprint density at radius 1 is 1.07 bits per heavy atom. The van der Waals surface area contributed by atoms with Crippen molar-refractivity contribution in [3.8, 4) is 0 Å². The lowest BCUT2D eigenvalue weighted by molar-refractivity contribution is 0.221. The number of thiazole rings is 1. The number of hydrogen-bond acceptors (Lipinski definition) is 4. The molecular formula is C21H31N5S. The number of piperidine rings is 1. The smallest absolute Gasteiger partial charge is 0.191 e. The maximum atomic E-state index is 4.44. The Morgan fingerprint density at radius 3 is 2.44 bits per heavy atom. The van der Waals surface area contributed by atoms with Crippen molar-refractivity contribution in [1.29, 1.82) is 0 Å². The molecule has 0 unspecified atom stereocenters. The zero-order chi connectivity index (χ0) is 18.9. The molecule has 1 saturated heterocycles. The minimum atomic E-state index is 0.707. The van der Waals surface area contributed by atoms with E-state index < -0.39 is 0 Å². The zero-order valence-electron chi connectivity index (χ0n) is 16.5. The molecular weight excluding hydrogens is 354 g/mol. The van der Waals surface area contributed by atoms with Gasteiger partial charge in [-0.15, -0.1) is 11.3 Å². The number of nitrogens with one attached hydrogen (secondary N) is 2. The predicted octanol–water partition coefficient (Wildman–Crippen LogP) is 3.56. The predicted molar refractivity (Wildman–Crippen MR) is 114 cm³/mol. The first-order valence-corrected chi connectivity index (χ1v) is 10.8. The third kappa shape index (κ3) is 6.33. The van der Waals surface area contributed by atoms with Crippen molar-refractivity contribution >= 4 is 17.3 Å². The van der Waals surface area contributed by atoms with Crippen LogP contribution in [0.3, 0.4) is 0 Å². The first-order valence-electron chi connectivity index (χ1n) is 9.95. The molecule has 0 amide bonds. The number of aromatic nitrogens is 1. The van der Waals surface area contributed by atoms with Crippen molar-refractivity contribution in [3.63, 3.8) is 0 Å². The summed E-state index contributed by atoms with van der Waals surface area (Å²) in [5, 5.41) is 7.82. The SMILES string of the molecule is CCc1cnc(CNC(=NC)NCc2ccc(CN3CCCCC3)cc2)s1. The van der Waals surface area contributed by atoms with E-state index in [1.54, 1.807) is 18.4 Å². The van der Waals surface area contributed by atoms with Gasteiger partial charge in [-0.3, -0.25) is 9.89 Å². The summed E-state index contributed by atoms with van der Waals surface area (Å²) in [7, 11) is 1.80. The second-order valence-corrected chi connectivity index (χ2v) is 8.21. The molecule has 1 aliphatic rings. The molecule has 1 aliphatic heterocycles. The van der Waals surface area contributed by atoms with E-state index in [2.05, 4.69) is 56.7 Å². The number of benzene rings is 1. The van der Waals surface area contributed by atoms with Gasteiger partial charge >= 0.3 is 0 Å². The Labute approximate surface area is 166 Å². The van der Waals surface area contributed by atoms with Gasteiger partial charge in [0, 0.05) is 31.2 Å². The van der Waals surface area contributed by atoms with Crippen molar-refractivity contribution in [2.24, 2.45) is 4.99 Å². The molecule has 0 atom stereocenters. The van der Waals surface area contributed by atoms with E-state index in [0.717, 1.165) is 30.5 Å². The minimum Gasteiger partial charge on any atom is -0.352 e. The third-order valence-corrected chi connectivity index (χ3v) is 6.06. The molecule has 0 saturated carbocycles. The lowest BCUT2D eigenvalue weighted by atomic mass is 10.1. The lowest BCUT2D eigenvalue weighted by Crippen LogP contribution is -2.36. The molecule has 1 fully saturated rings. The van der Waals surface area contributed by atoms with Crippen LogP contribution in [-0.4, -0.2) is 36.0 Å². The standard InChI is InChI=1S/C21H31N5S/c1-3-19-14-23-20(27-19)15-25-21(22-2)24-13-17-7-9-18(10-8-17)16-26-11-5-4-6-12-26/h7-10,14H,3-6,11-13,15-16H2,1-2H3,(H2,22,24,25). The highest BCUT2D eigenvalue weighted by molar-refractivity contribution is 7.11. The maximum absolute atomic E-state index is 4.44. The van der Waals surface area contributed by atoms with Crippen LogP contribution in [0.5, 0.6) is 0 Å². The van der Waals surface area contributed by atoms with Crippen LogP contribution in [0.1, 0.15) is 47.2 Å². The molecule has 1 aromatic carbocycles. The first-order chi connectivity index (χ1) is 13.3. The Bertz CT molecular complexity index is 716. The summed E-state index contributed by atoms with van der Waals surface area (Å²) in [5.74, 6) is 0.806. The average molecular weight is 386 g/mol. The first kappa shape index (κ1) is 19.8. The van der Waals surface area contributed by atoms with Gasteiger partial charge in [0.2, 0.25) is 0 Å². The molecule has 0 aliphatic carbocycles. The van der Waals surface area contributed by atoms with Gasteiger partial charge in [0.25, 0.3) is 0 Å². The number of guanidine groups is 1. The van der Waals surface area contributed by atoms with E-state index >= 15 is 0 Å². The summed E-state index contributed by atoms with van der Waals surface area (Å²) in [5.41, 5.74) is 2.67. The van der Waals surface area contributed by atoms with Crippen LogP contribution < -0.4 is 10.6 Å². The molecule has 146 valence electrons. The largest absolute Gasteiger partial charge is 0.352 e. The Morgan fingerprint density at radius 2 is 1.78 bits per heavy atom. The van der Waals surface area contributed by atoms with E-state index in [0.29, 0.717) is 6.54 Å². The van der Waals surface area contributed by atoms with Crippen LogP contribution in [0, 0.1) is 0 Å². The van der Waals surface area contributed by atoms with Gasteiger partial charge in [-0.2, -0.15) is 0 Å². The van der Waals surface area contributed by atoms with Gasteiger partial charge in [-0.1, -0.05) is 37.6 Å². The summed E-state index contributed by atoms with van der Waals surface area (Å²) in [6.45, 7) is 7.18. The van der Waals surface area contributed by atoms with Crippen molar-refractivity contribution in [2.45, 2.75) is 52.2 Å². The molecule has 0 radical (unpaired) electrons. The van der Waals surface area contributed by atoms with E-state index in [4.69, 9.17) is 0 Å². The molecule has 27 heavy (non-hydrogen) atoms. The normalized spacial score (nSPS) is 15.7. The number of aryl methyl sites for hydroxylation is 1. The fourth-order valence-corrected chi connectivity index (χ4v) is 4.10. The van der Waals surface area contributed by atoms with Gasteiger partial charge in [-0.05, 0) is 43.5 Å². The minimum absolute atomic E-state index is 0.707. The topological polar surface area (TPSA) is 52.6 Å². The molecule has 0 spiro atoms. The average Bonchev–Trinajstić information content (AvgIpc) is 3.18. The molecule has 3 rings (SSSR count). The molecule has 1 aromatic heterocycles. The van der Waals surface area contributed by atoms with Gasteiger partial charge in [-0.25, -0.2) is 4.98 Å². The van der Waals surface area contributed by atoms with Gasteiger partial charge in [0.1, 0.15) is 5.01 Å². The number of rotatable bonds is 7. The number of hydrogen-bond donors (Lipinski definition) is 2. The van der Waals surface area contributed by atoms with Crippen molar-refractivity contribution in [3.05, 3.63) is 51.5 Å². The van der Waals surface area contributed by atoms with Crippen molar-refractivity contribution in [2.75, 3.05) is 20.1 Å². The van der Waals surface area contributed by atoms with Crippen molar-refractivity contribution in [1.82, 2.24) is 20.5 Å². The van der Waals surface area contributed by atoms with Gasteiger partial charge < -0.3 is 10.6 Å². The van der Waals surface area contributed by atoms with E-state index in [1.165, 1.54) is 48.4 Å². The van der Waals surface area contributed by atoms with Gasteiger partial charge in [0.15, 0.2) is 5.96 Å². The highest BCUT2D eigenvalue weighted by atomic mass is 32.1. The lowest BCUT2D eigenvalue weighted by Gasteiger charge is -2.26. The summed E-state index contributed by atoms with van der Waals surface area (Å²) in [4.78, 5) is 12.6. The molecule has 5 nitrogen and oxygen atoms in total. The summed E-state index contributed by atoms with van der Waals surface area (Å²) < 4.78 is 0. The molecule has 6 heteroatoms. The highest BCUT2D eigenvalue weighted by Crippen LogP contribution is 2.14. The van der Waals surface area contributed by atoms with Crippen LogP contribution >= 0.6 is 11.3 Å². The van der Waals surface area contributed by atoms with Crippen LogP contribution in [0.4, 0.5) is 0 Å². The second kappa shape index (κ2) is 10.4. The fraction of sp³-hybridized carbons (Fsp3) is 0.524. The maximum Gasteiger partial charge on any atom is 0.191 e. The van der Waals surface area contributed by atoms with E-state index in [9.17, 15) is 0 Å². The quantitative estimate of drug-likeness (QED) is 0.565. The Balaban J connectivity index is 1.43. The summed E-state index contributed by atoms with van der Waals surface area (Å²) in [6.07, 6.45) is 7.07. The van der Waals surface area contributed by atoms with Crippen LogP contribution in [0.25, 0.3) is 0 Å². The molecule has 2 heterocycles. The number of aliphatic imine (C=N–C) groups is 1. The van der Waals surface area contributed by atoms with E-state index in [1.807, 2.05) is 6.20 Å². The molecule has 0 bridgehead atoms. The Hall–Kier alpha value is -1.92. The zero-order valence-corrected chi connectivity index (χ0v) is 17.3. The molecule has 2 aromatic rings. The number of nitrogens with zero attached hydrogens (tertiary/aromatic N) is 3. The number of likely N-dealkylation sites (tertiary alicyclic amines) is 1. The van der Waals surface area contributed by atoms with Crippen molar-refractivity contribution < 1.29 is 0 Å². The second-order valence-electron chi connectivity index (χ2n) is 7.01. The summed E-state index contributed by atoms with van der Waals surface area (Å²) >= 11 is 1.76. The fourth-order valence-electron chi connectivity index (χ4n) is 3.30. The highest BCUT2D eigenvalue weighted by Gasteiger charge is 2.10. The van der Waals surface area contributed by atoms with Crippen LogP contribution in [0.15, 0.2) is 35.5 Å².